The first-order valence-electron chi connectivity index (χ1n) is 5.45. The van der Waals surface area contributed by atoms with E-state index in [0.29, 0.717) is 11.4 Å². The van der Waals surface area contributed by atoms with E-state index in [9.17, 15) is 9.59 Å². The average Bonchev–Trinajstić information content (AvgIpc) is 2.38. The van der Waals surface area contributed by atoms with E-state index in [-0.39, 0.29) is 6.61 Å². The molecule has 0 radical (unpaired) electrons. The number of anilines is 1. The predicted molar refractivity (Wildman–Crippen MR) is 66.2 cm³/mol. The molecule has 98 valence electrons. The molecule has 0 heterocycles. The zero-order valence-corrected chi connectivity index (χ0v) is 10.3. The van der Waals surface area contributed by atoms with E-state index < -0.39 is 17.9 Å². The highest BCUT2D eigenvalue weighted by atomic mass is 16.5. The number of benzene rings is 1. The lowest BCUT2D eigenvalue weighted by molar-refractivity contribution is -0.146. The molecule has 0 spiro atoms. The molecule has 1 aromatic rings. The molecule has 1 atom stereocenters. The van der Waals surface area contributed by atoms with Crippen molar-refractivity contribution in [1.82, 2.24) is 0 Å². The third kappa shape index (κ3) is 3.74. The van der Waals surface area contributed by atoms with Crippen LogP contribution in [-0.4, -0.2) is 31.6 Å². The highest BCUT2D eigenvalue weighted by molar-refractivity contribution is 6.08. The number of hydrogen-bond acceptors (Lipinski definition) is 5. The van der Waals surface area contributed by atoms with Crippen LogP contribution in [0.4, 0.5) is 5.69 Å². The van der Waals surface area contributed by atoms with Crippen molar-refractivity contribution in [3.63, 3.8) is 0 Å². The fraction of sp³-hybridized carbons (Fsp3) is 0.333. The molecule has 1 rings (SSSR count). The molecule has 3 N–H and O–H groups in total. The third-order valence-corrected chi connectivity index (χ3v) is 2.16. The van der Waals surface area contributed by atoms with Crippen LogP contribution in [0.3, 0.4) is 0 Å². The van der Waals surface area contributed by atoms with E-state index in [1.165, 1.54) is 7.11 Å². The van der Waals surface area contributed by atoms with Crippen molar-refractivity contribution in [1.29, 1.82) is 0 Å². The molecule has 1 unspecified atom stereocenters. The number of carbonyl (C=O) groups excluding carboxylic acids is 2. The minimum absolute atomic E-state index is 0.180. The van der Waals surface area contributed by atoms with Crippen molar-refractivity contribution in [3.8, 4) is 5.75 Å². The number of hydrogen-bond donors (Lipinski definition) is 2. The molecule has 6 nitrogen and oxygen atoms in total. The molecule has 0 saturated heterocycles. The molecule has 18 heavy (non-hydrogen) atoms. The van der Waals surface area contributed by atoms with Crippen LogP contribution in [-0.2, 0) is 14.3 Å². The molecule has 0 aliphatic carbocycles. The molecular weight excluding hydrogens is 236 g/mol. The molecule has 0 aliphatic heterocycles. The van der Waals surface area contributed by atoms with Gasteiger partial charge in [0.05, 0.1) is 13.7 Å². The summed E-state index contributed by atoms with van der Waals surface area (Å²) in [5.74, 6) is -0.780. The Bertz CT molecular complexity index is 434. The largest absolute Gasteiger partial charge is 0.497 e. The predicted octanol–water partition coefficient (Wildman–Crippen LogP) is 0.524. The quantitative estimate of drug-likeness (QED) is 0.589. The van der Waals surface area contributed by atoms with Crippen LogP contribution in [0.15, 0.2) is 24.3 Å². The maximum atomic E-state index is 11.7. The Morgan fingerprint density at radius 1 is 1.44 bits per heavy atom. The molecular formula is C12H16N2O4. The summed E-state index contributed by atoms with van der Waals surface area (Å²) >= 11 is 0. The van der Waals surface area contributed by atoms with Gasteiger partial charge in [-0.1, -0.05) is 6.07 Å². The van der Waals surface area contributed by atoms with Crippen molar-refractivity contribution in [2.75, 3.05) is 19.0 Å². The highest BCUT2D eigenvalue weighted by Gasteiger charge is 2.23. The van der Waals surface area contributed by atoms with E-state index in [4.69, 9.17) is 10.5 Å². The third-order valence-electron chi connectivity index (χ3n) is 2.16. The summed E-state index contributed by atoms with van der Waals surface area (Å²) < 4.78 is 9.67. The van der Waals surface area contributed by atoms with Gasteiger partial charge in [0, 0.05) is 11.8 Å². The second kappa shape index (κ2) is 6.61. The normalized spacial score (nSPS) is 11.5. The number of rotatable bonds is 5. The zero-order valence-electron chi connectivity index (χ0n) is 10.3. The summed E-state index contributed by atoms with van der Waals surface area (Å²) in [6.45, 7) is 1.82. The topological polar surface area (TPSA) is 90.7 Å². The van der Waals surface area contributed by atoms with Gasteiger partial charge >= 0.3 is 5.97 Å². The van der Waals surface area contributed by atoms with E-state index >= 15 is 0 Å². The van der Waals surface area contributed by atoms with Gasteiger partial charge in [-0.25, -0.2) is 4.79 Å². The van der Waals surface area contributed by atoms with Gasteiger partial charge in [0.2, 0.25) is 0 Å². The van der Waals surface area contributed by atoms with Crippen molar-refractivity contribution >= 4 is 17.6 Å². The first-order valence-corrected chi connectivity index (χ1v) is 5.45. The van der Waals surface area contributed by atoms with Crippen LogP contribution < -0.4 is 15.8 Å². The Morgan fingerprint density at radius 3 is 2.78 bits per heavy atom. The number of ether oxygens (including phenoxy) is 2. The highest BCUT2D eigenvalue weighted by Crippen LogP contribution is 2.16. The van der Waals surface area contributed by atoms with E-state index in [1.54, 1.807) is 31.2 Å². The fourth-order valence-electron chi connectivity index (χ4n) is 1.26. The van der Waals surface area contributed by atoms with Gasteiger partial charge in [-0.15, -0.1) is 0 Å². The van der Waals surface area contributed by atoms with Gasteiger partial charge < -0.3 is 20.5 Å². The Labute approximate surface area is 105 Å². The van der Waals surface area contributed by atoms with Gasteiger partial charge in [0.15, 0.2) is 6.04 Å². The van der Waals surface area contributed by atoms with Crippen molar-refractivity contribution in [2.45, 2.75) is 13.0 Å². The van der Waals surface area contributed by atoms with Crippen LogP contribution >= 0.6 is 0 Å². The lowest BCUT2D eigenvalue weighted by atomic mass is 10.2. The summed E-state index contributed by atoms with van der Waals surface area (Å²) in [6.07, 6.45) is 0. The standard InChI is InChI=1S/C12H16N2O4/c1-3-18-12(16)10(13)11(15)14-8-5-4-6-9(7-8)17-2/h4-7,10H,3,13H2,1-2H3,(H,14,15). The molecule has 0 aromatic heterocycles. The molecule has 0 bridgehead atoms. The second-order valence-electron chi connectivity index (χ2n) is 3.45. The maximum Gasteiger partial charge on any atom is 0.332 e. The first kappa shape index (κ1) is 14.0. The Kier molecular flexibility index (Phi) is 5.13. The lowest BCUT2D eigenvalue weighted by Crippen LogP contribution is -2.43. The molecule has 0 fully saturated rings. The van der Waals surface area contributed by atoms with Crippen LogP contribution in [0.2, 0.25) is 0 Å². The van der Waals surface area contributed by atoms with E-state index in [1.807, 2.05) is 0 Å². The summed E-state index contributed by atoms with van der Waals surface area (Å²) in [5, 5.41) is 2.51. The SMILES string of the molecule is CCOC(=O)C(N)C(=O)Nc1cccc(OC)c1. The number of amides is 1. The van der Waals surface area contributed by atoms with Crippen molar-refractivity contribution in [3.05, 3.63) is 24.3 Å². The van der Waals surface area contributed by atoms with Gasteiger partial charge in [-0.3, -0.25) is 4.79 Å². The number of carbonyl (C=O) groups is 2. The molecule has 1 amide bonds. The molecule has 6 heteroatoms. The van der Waals surface area contributed by atoms with Crippen LogP contribution in [0.1, 0.15) is 6.92 Å². The Balaban J connectivity index is 2.66. The second-order valence-corrected chi connectivity index (χ2v) is 3.45. The van der Waals surface area contributed by atoms with Crippen molar-refractivity contribution in [2.24, 2.45) is 5.73 Å². The van der Waals surface area contributed by atoms with Gasteiger partial charge in [-0.2, -0.15) is 0 Å². The number of nitrogens with two attached hydrogens (primary N) is 1. The number of methoxy groups -OCH3 is 1. The maximum absolute atomic E-state index is 11.7. The summed E-state index contributed by atoms with van der Waals surface area (Å²) in [7, 11) is 1.52. The summed E-state index contributed by atoms with van der Waals surface area (Å²) in [4.78, 5) is 22.9. The zero-order chi connectivity index (χ0) is 13.5. The first-order chi connectivity index (χ1) is 8.58. The minimum atomic E-state index is -1.34. The fourth-order valence-corrected chi connectivity index (χ4v) is 1.26. The summed E-state index contributed by atoms with van der Waals surface area (Å²) in [5.41, 5.74) is 5.95. The van der Waals surface area contributed by atoms with Crippen LogP contribution in [0.25, 0.3) is 0 Å². The van der Waals surface area contributed by atoms with Gasteiger partial charge in [0.1, 0.15) is 5.75 Å². The summed E-state index contributed by atoms with van der Waals surface area (Å²) in [6, 6.07) is 5.40. The average molecular weight is 252 g/mol. The van der Waals surface area contributed by atoms with Crippen LogP contribution in [0.5, 0.6) is 5.75 Å². The number of esters is 1. The number of nitrogens with one attached hydrogen (secondary N) is 1. The Morgan fingerprint density at radius 2 is 2.17 bits per heavy atom. The molecule has 0 saturated carbocycles. The van der Waals surface area contributed by atoms with Crippen LogP contribution in [0, 0.1) is 0 Å². The van der Waals surface area contributed by atoms with Gasteiger partial charge in [0.25, 0.3) is 5.91 Å². The smallest absolute Gasteiger partial charge is 0.332 e. The monoisotopic (exact) mass is 252 g/mol. The minimum Gasteiger partial charge on any atom is -0.497 e. The van der Waals surface area contributed by atoms with E-state index in [2.05, 4.69) is 10.1 Å². The lowest BCUT2D eigenvalue weighted by Gasteiger charge is -2.11. The van der Waals surface area contributed by atoms with E-state index in [0.717, 1.165) is 0 Å². The Hall–Kier alpha value is -2.08. The van der Waals surface area contributed by atoms with Crippen molar-refractivity contribution < 1.29 is 19.1 Å². The molecule has 0 aliphatic rings. The molecule has 1 aromatic carbocycles. The van der Waals surface area contributed by atoms with Gasteiger partial charge in [-0.05, 0) is 19.1 Å².